The van der Waals surface area contributed by atoms with Gasteiger partial charge in [-0.1, -0.05) is 45.7 Å². The Labute approximate surface area is 149 Å². The zero-order valence-corrected chi connectivity index (χ0v) is 15.2. The molecule has 1 aliphatic rings. The van der Waals surface area contributed by atoms with Gasteiger partial charge >= 0.3 is 0 Å². The summed E-state index contributed by atoms with van der Waals surface area (Å²) < 4.78 is 0. The van der Waals surface area contributed by atoms with Gasteiger partial charge in [-0.05, 0) is 42.0 Å². The molecule has 2 aromatic rings. The summed E-state index contributed by atoms with van der Waals surface area (Å²) in [6.45, 7) is 6.56. The second-order valence-corrected chi connectivity index (χ2v) is 7.67. The summed E-state index contributed by atoms with van der Waals surface area (Å²) in [5.74, 6) is 0.308. The summed E-state index contributed by atoms with van der Waals surface area (Å²) in [5.41, 5.74) is 2.69. The standard InChI is InChI=1S/C20H26N4O/c1-20(2,3)14-8-10-16(11-9-14)23-19-21-13-12-17(24-19)18(25)22-15-6-4-5-7-15/h8-13,15H,4-7H2,1-3H3,(H,22,25)(H,21,23,24). The third-order valence-electron chi connectivity index (χ3n) is 4.59. The van der Waals surface area contributed by atoms with E-state index in [9.17, 15) is 4.79 Å². The number of anilines is 2. The maximum atomic E-state index is 12.3. The Hall–Kier alpha value is -2.43. The predicted molar refractivity (Wildman–Crippen MR) is 100 cm³/mol. The Morgan fingerprint density at radius 3 is 2.40 bits per heavy atom. The topological polar surface area (TPSA) is 66.9 Å². The van der Waals surface area contributed by atoms with Gasteiger partial charge in [-0.25, -0.2) is 9.97 Å². The summed E-state index contributed by atoms with van der Waals surface area (Å²) in [6, 6.07) is 10.1. The highest BCUT2D eigenvalue weighted by Gasteiger charge is 2.19. The first kappa shape index (κ1) is 17.4. The minimum atomic E-state index is -0.125. The van der Waals surface area contributed by atoms with E-state index in [1.807, 2.05) is 12.1 Å². The Morgan fingerprint density at radius 2 is 1.76 bits per heavy atom. The Kier molecular flexibility index (Phi) is 5.02. The molecule has 0 unspecified atom stereocenters. The van der Waals surface area contributed by atoms with Crippen LogP contribution in [0.2, 0.25) is 0 Å². The van der Waals surface area contributed by atoms with E-state index in [4.69, 9.17) is 0 Å². The Balaban J connectivity index is 1.68. The molecule has 0 saturated heterocycles. The second-order valence-electron chi connectivity index (χ2n) is 7.67. The summed E-state index contributed by atoms with van der Waals surface area (Å²) in [5, 5.41) is 6.22. The smallest absolute Gasteiger partial charge is 0.270 e. The number of nitrogens with one attached hydrogen (secondary N) is 2. The highest BCUT2D eigenvalue weighted by Crippen LogP contribution is 2.24. The molecule has 1 saturated carbocycles. The fourth-order valence-electron chi connectivity index (χ4n) is 3.06. The van der Waals surface area contributed by atoms with Crippen molar-refractivity contribution in [3.8, 4) is 0 Å². The Morgan fingerprint density at radius 1 is 1.08 bits per heavy atom. The Bertz CT molecular complexity index is 728. The van der Waals surface area contributed by atoms with E-state index in [0.29, 0.717) is 11.6 Å². The molecule has 0 atom stereocenters. The molecule has 0 radical (unpaired) electrons. The predicted octanol–water partition coefficient (Wildman–Crippen LogP) is 4.19. The maximum absolute atomic E-state index is 12.3. The highest BCUT2D eigenvalue weighted by molar-refractivity contribution is 5.92. The normalized spacial score (nSPS) is 15.2. The van der Waals surface area contributed by atoms with Gasteiger partial charge < -0.3 is 10.6 Å². The van der Waals surface area contributed by atoms with Gasteiger partial charge in [0.25, 0.3) is 5.91 Å². The zero-order valence-electron chi connectivity index (χ0n) is 15.2. The van der Waals surface area contributed by atoms with Gasteiger partial charge in [0, 0.05) is 17.9 Å². The van der Waals surface area contributed by atoms with Gasteiger partial charge in [0.2, 0.25) is 5.95 Å². The van der Waals surface area contributed by atoms with E-state index in [1.165, 1.54) is 18.4 Å². The van der Waals surface area contributed by atoms with Crippen molar-refractivity contribution < 1.29 is 4.79 Å². The van der Waals surface area contributed by atoms with E-state index in [-0.39, 0.29) is 17.4 Å². The lowest BCUT2D eigenvalue weighted by molar-refractivity contribution is 0.0933. The van der Waals surface area contributed by atoms with Crippen LogP contribution in [-0.2, 0) is 5.41 Å². The average molecular weight is 338 g/mol. The van der Waals surface area contributed by atoms with Gasteiger partial charge in [0.1, 0.15) is 5.69 Å². The largest absolute Gasteiger partial charge is 0.348 e. The maximum Gasteiger partial charge on any atom is 0.270 e. The van der Waals surface area contributed by atoms with Gasteiger partial charge in [-0.2, -0.15) is 0 Å². The summed E-state index contributed by atoms with van der Waals surface area (Å²) in [4.78, 5) is 20.9. The number of hydrogen-bond acceptors (Lipinski definition) is 4. The number of aromatic nitrogens is 2. The summed E-state index contributed by atoms with van der Waals surface area (Å²) >= 11 is 0. The molecule has 5 heteroatoms. The number of nitrogens with zero attached hydrogens (tertiary/aromatic N) is 2. The number of benzene rings is 1. The third-order valence-corrected chi connectivity index (χ3v) is 4.59. The third kappa shape index (κ3) is 4.56. The highest BCUT2D eigenvalue weighted by atomic mass is 16.1. The van der Waals surface area contributed by atoms with Gasteiger partial charge in [-0.3, -0.25) is 4.79 Å². The van der Waals surface area contributed by atoms with Crippen molar-refractivity contribution in [2.24, 2.45) is 0 Å². The lowest BCUT2D eigenvalue weighted by atomic mass is 9.87. The van der Waals surface area contributed by atoms with Crippen LogP contribution >= 0.6 is 0 Å². The monoisotopic (exact) mass is 338 g/mol. The minimum absolute atomic E-state index is 0.118. The molecule has 1 aromatic heterocycles. The summed E-state index contributed by atoms with van der Waals surface area (Å²) in [6.07, 6.45) is 6.10. The number of amides is 1. The molecule has 25 heavy (non-hydrogen) atoms. The van der Waals surface area contributed by atoms with Crippen LogP contribution in [0.4, 0.5) is 11.6 Å². The number of rotatable bonds is 4. The molecule has 132 valence electrons. The van der Waals surface area contributed by atoms with Crippen LogP contribution in [0, 0.1) is 0 Å². The van der Waals surface area contributed by atoms with E-state index in [2.05, 4.69) is 53.5 Å². The molecular formula is C20H26N4O. The molecule has 1 aromatic carbocycles. The molecule has 0 spiro atoms. The zero-order chi connectivity index (χ0) is 17.9. The van der Waals surface area contributed by atoms with E-state index in [1.54, 1.807) is 12.3 Å². The SMILES string of the molecule is CC(C)(C)c1ccc(Nc2nccc(C(=O)NC3CCCC3)n2)cc1. The first-order valence-electron chi connectivity index (χ1n) is 8.93. The quantitative estimate of drug-likeness (QED) is 0.877. The second kappa shape index (κ2) is 7.21. The number of carbonyl (C=O) groups excluding carboxylic acids is 1. The van der Waals surface area contributed by atoms with Crippen molar-refractivity contribution in [3.05, 3.63) is 47.8 Å². The van der Waals surface area contributed by atoms with Crippen LogP contribution in [0.1, 0.15) is 62.5 Å². The molecule has 3 rings (SSSR count). The fraction of sp³-hybridized carbons (Fsp3) is 0.450. The van der Waals surface area contributed by atoms with Crippen molar-refractivity contribution in [3.63, 3.8) is 0 Å². The first-order valence-corrected chi connectivity index (χ1v) is 8.93. The van der Waals surface area contributed by atoms with E-state index >= 15 is 0 Å². The van der Waals surface area contributed by atoms with Gasteiger partial charge in [0.15, 0.2) is 0 Å². The first-order chi connectivity index (χ1) is 11.9. The van der Waals surface area contributed by atoms with Crippen LogP contribution in [0.25, 0.3) is 0 Å². The van der Waals surface area contributed by atoms with Crippen LogP contribution in [0.3, 0.4) is 0 Å². The van der Waals surface area contributed by atoms with Crippen molar-refractivity contribution >= 4 is 17.5 Å². The lowest BCUT2D eigenvalue weighted by Crippen LogP contribution is -2.33. The molecule has 1 aliphatic carbocycles. The van der Waals surface area contributed by atoms with E-state index in [0.717, 1.165) is 18.5 Å². The number of hydrogen-bond donors (Lipinski definition) is 2. The average Bonchev–Trinajstić information content (AvgIpc) is 3.08. The molecular weight excluding hydrogens is 312 g/mol. The van der Waals surface area contributed by atoms with Crippen molar-refractivity contribution in [1.82, 2.24) is 15.3 Å². The molecule has 1 fully saturated rings. The van der Waals surface area contributed by atoms with Crippen molar-refractivity contribution in [2.45, 2.75) is 57.9 Å². The van der Waals surface area contributed by atoms with E-state index < -0.39 is 0 Å². The van der Waals surface area contributed by atoms with Crippen LogP contribution < -0.4 is 10.6 Å². The molecule has 1 amide bonds. The molecule has 5 nitrogen and oxygen atoms in total. The lowest BCUT2D eigenvalue weighted by Gasteiger charge is -2.19. The fourth-order valence-corrected chi connectivity index (χ4v) is 3.06. The molecule has 1 heterocycles. The van der Waals surface area contributed by atoms with Crippen LogP contribution in [0.5, 0.6) is 0 Å². The van der Waals surface area contributed by atoms with Crippen molar-refractivity contribution in [1.29, 1.82) is 0 Å². The van der Waals surface area contributed by atoms with Crippen molar-refractivity contribution in [2.75, 3.05) is 5.32 Å². The molecule has 2 N–H and O–H groups in total. The molecule has 0 aliphatic heterocycles. The minimum Gasteiger partial charge on any atom is -0.348 e. The van der Waals surface area contributed by atoms with Gasteiger partial charge in [0.05, 0.1) is 0 Å². The van der Waals surface area contributed by atoms with Crippen LogP contribution in [0.15, 0.2) is 36.5 Å². The van der Waals surface area contributed by atoms with Crippen LogP contribution in [-0.4, -0.2) is 21.9 Å². The number of carbonyl (C=O) groups is 1. The van der Waals surface area contributed by atoms with Gasteiger partial charge in [-0.15, -0.1) is 0 Å². The summed E-state index contributed by atoms with van der Waals surface area (Å²) in [7, 11) is 0. The molecule has 0 bridgehead atoms.